The lowest BCUT2D eigenvalue weighted by Gasteiger charge is -2.32. The van der Waals surface area contributed by atoms with E-state index < -0.39 is 0 Å². The molecule has 0 saturated heterocycles. The normalized spacial score (nSPS) is 10.7. The molecule has 5 nitrogen and oxygen atoms in total. The van der Waals surface area contributed by atoms with Gasteiger partial charge in [0.1, 0.15) is 0 Å². The van der Waals surface area contributed by atoms with Crippen molar-refractivity contribution >= 4 is 11.5 Å². The van der Waals surface area contributed by atoms with Crippen molar-refractivity contribution in [1.82, 2.24) is 4.98 Å². The third-order valence-electron chi connectivity index (χ3n) is 3.09. The molecule has 0 saturated carbocycles. The first-order chi connectivity index (χ1) is 8.67. The predicted molar refractivity (Wildman–Crippen MR) is 74.0 cm³/mol. The fourth-order valence-electron chi connectivity index (χ4n) is 2.08. The second kappa shape index (κ2) is 7.06. The van der Waals surface area contributed by atoms with Gasteiger partial charge in [-0.2, -0.15) is 4.98 Å². The molecule has 0 bridgehead atoms. The number of ether oxygens (including phenoxy) is 1. The van der Waals surface area contributed by atoms with Crippen molar-refractivity contribution in [1.29, 1.82) is 0 Å². The van der Waals surface area contributed by atoms with Crippen molar-refractivity contribution < 1.29 is 9.84 Å². The Kier molecular flexibility index (Phi) is 5.71. The highest BCUT2D eigenvalue weighted by Gasteiger charge is 2.19. The molecule has 1 heterocycles. The summed E-state index contributed by atoms with van der Waals surface area (Å²) >= 11 is 0. The second-order valence-electron chi connectivity index (χ2n) is 4.15. The standard InChI is InChI=1S/C13H23N3O2/c1-4-10(5-2)16(8-9-17)13-11(14)6-7-12(15-13)18-3/h6-7,10,17H,4-5,8-9,14H2,1-3H3. The third kappa shape index (κ3) is 3.26. The number of nitrogens with zero attached hydrogens (tertiary/aromatic N) is 2. The Morgan fingerprint density at radius 3 is 2.56 bits per heavy atom. The average Bonchev–Trinajstić information content (AvgIpc) is 2.40. The van der Waals surface area contributed by atoms with Crippen LogP contribution in [-0.2, 0) is 0 Å². The second-order valence-corrected chi connectivity index (χ2v) is 4.15. The first-order valence-corrected chi connectivity index (χ1v) is 6.35. The number of rotatable bonds is 7. The number of methoxy groups -OCH3 is 1. The Labute approximate surface area is 109 Å². The van der Waals surface area contributed by atoms with Gasteiger partial charge in [0.15, 0.2) is 5.82 Å². The van der Waals surface area contributed by atoms with Crippen LogP contribution in [0, 0.1) is 0 Å². The van der Waals surface area contributed by atoms with Gasteiger partial charge in [-0.3, -0.25) is 0 Å². The highest BCUT2D eigenvalue weighted by atomic mass is 16.5. The van der Waals surface area contributed by atoms with E-state index in [2.05, 4.69) is 23.7 Å². The average molecular weight is 253 g/mol. The quantitative estimate of drug-likeness (QED) is 0.773. The maximum absolute atomic E-state index is 9.21. The lowest BCUT2D eigenvalue weighted by molar-refractivity contribution is 0.295. The molecule has 3 N–H and O–H groups in total. The number of pyridine rings is 1. The monoisotopic (exact) mass is 253 g/mol. The molecule has 0 atom stereocenters. The molecule has 0 spiro atoms. The molecule has 0 fully saturated rings. The predicted octanol–water partition coefficient (Wildman–Crippen LogP) is 1.66. The molecular weight excluding hydrogens is 230 g/mol. The van der Waals surface area contributed by atoms with Crippen molar-refractivity contribution in [2.75, 3.05) is 30.9 Å². The fourth-order valence-corrected chi connectivity index (χ4v) is 2.08. The Balaban J connectivity index is 3.10. The van der Waals surface area contributed by atoms with Crippen LogP contribution >= 0.6 is 0 Å². The maximum atomic E-state index is 9.21. The van der Waals surface area contributed by atoms with Gasteiger partial charge in [0.05, 0.1) is 19.4 Å². The van der Waals surface area contributed by atoms with Crippen LogP contribution in [0.25, 0.3) is 0 Å². The van der Waals surface area contributed by atoms with E-state index in [0.29, 0.717) is 30.0 Å². The summed E-state index contributed by atoms with van der Waals surface area (Å²) in [7, 11) is 1.58. The third-order valence-corrected chi connectivity index (χ3v) is 3.09. The van der Waals surface area contributed by atoms with Gasteiger partial charge in [0.2, 0.25) is 5.88 Å². The summed E-state index contributed by atoms with van der Waals surface area (Å²) in [5.74, 6) is 1.23. The van der Waals surface area contributed by atoms with Gasteiger partial charge < -0.3 is 20.5 Å². The van der Waals surface area contributed by atoms with Crippen molar-refractivity contribution in [3.63, 3.8) is 0 Å². The number of hydrogen-bond acceptors (Lipinski definition) is 5. The highest BCUT2D eigenvalue weighted by molar-refractivity contribution is 5.64. The van der Waals surface area contributed by atoms with Gasteiger partial charge in [0, 0.05) is 18.7 Å². The van der Waals surface area contributed by atoms with E-state index in [1.807, 2.05) is 0 Å². The van der Waals surface area contributed by atoms with Crippen molar-refractivity contribution in [2.45, 2.75) is 32.7 Å². The fraction of sp³-hybridized carbons (Fsp3) is 0.615. The summed E-state index contributed by atoms with van der Waals surface area (Å²) in [6.45, 7) is 4.84. The van der Waals surface area contributed by atoms with E-state index >= 15 is 0 Å². The molecule has 0 aliphatic heterocycles. The zero-order chi connectivity index (χ0) is 13.5. The molecule has 0 aromatic carbocycles. The first-order valence-electron chi connectivity index (χ1n) is 6.35. The van der Waals surface area contributed by atoms with Gasteiger partial charge >= 0.3 is 0 Å². The maximum Gasteiger partial charge on any atom is 0.215 e. The Morgan fingerprint density at radius 1 is 1.39 bits per heavy atom. The molecule has 0 radical (unpaired) electrons. The van der Waals surface area contributed by atoms with E-state index in [9.17, 15) is 5.11 Å². The Hall–Kier alpha value is -1.49. The summed E-state index contributed by atoms with van der Waals surface area (Å²) in [5.41, 5.74) is 6.59. The van der Waals surface area contributed by atoms with Crippen LogP contribution in [0.5, 0.6) is 5.88 Å². The van der Waals surface area contributed by atoms with E-state index in [4.69, 9.17) is 10.5 Å². The molecule has 0 aliphatic carbocycles. The van der Waals surface area contributed by atoms with Crippen LogP contribution in [0.15, 0.2) is 12.1 Å². The molecule has 0 aliphatic rings. The number of nitrogens with two attached hydrogens (primary N) is 1. The summed E-state index contributed by atoms with van der Waals surface area (Å²) in [4.78, 5) is 6.45. The lowest BCUT2D eigenvalue weighted by atomic mass is 10.1. The van der Waals surface area contributed by atoms with Crippen LogP contribution in [0.4, 0.5) is 11.5 Å². The molecule has 1 aromatic heterocycles. The van der Waals surface area contributed by atoms with Crippen LogP contribution in [0.3, 0.4) is 0 Å². The number of hydrogen-bond donors (Lipinski definition) is 2. The summed E-state index contributed by atoms with van der Waals surface area (Å²) < 4.78 is 5.13. The van der Waals surface area contributed by atoms with E-state index in [1.54, 1.807) is 19.2 Å². The molecule has 102 valence electrons. The minimum atomic E-state index is 0.0782. The zero-order valence-electron chi connectivity index (χ0n) is 11.4. The van der Waals surface area contributed by atoms with E-state index in [1.165, 1.54) is 0 Å². The number of aliphatic hydroxyl groups excluding tert-OH is 1. The molecule has 1 aromatic rings. The molecule has 18 heavy (non-hydrogen) atoms. The first kappa shape index (κ1) is 14.6. The number of aromatic nitrogens is 1. The molecule has 0 amide bonds. The molecule has 5 heteroatoms. The summed E-state index contributed by atoms with van der Waals surface area (Å²) in [6.07, 6.45) is 1.96. The number of aliphatic hydroxyl groups is 1. The van der Waals surface area contributed by atoms with Gasteiger partial charge in [-0.25, -0.2) is 0 Å². The van der Waals surface area contributed by atoms with Crippen LogP contribution in [-0.4, -0.2) is 36.4 Å². The number of anilines is 2. The van der Waals surface area contributed by atoms with Gasteiger partial charge in [-0.15, -0.1) is 0 Å². The van der Waals surface area contributed by atoms with Crippen LogP contribution in [0.1, 0.15) is 26.7 Å². The van der Waals surface area contributed by atoms with Gasteiger partial charge in [-0.05, 0) is 18.9 Å². The Morgan fingerprint density at radius 2 is 2.06 bits per heavy atom. The molecular formula is C13H23N3O2. The Bertz CT molecular complexity index is 367. The number of nitrogen functional groups attached to an aromatic ring is 1. The van der Waals surface area contributed by atoms with E-state index in [0.717, 1.165) is 12.8 Å². The summed E-state index contributed by atoms with van der Waals surface area (Å²) in [5, 5.41) is 9.21. The largest absolute Gasteiger partial charge is 0.481 e. The zero-order valence-corrected chi connectivity index (χ0v) is 11.4. The van der Waals surface area contributed by atoms with Gasteiger partial charge in [0.25, 0.3) is 0 Å². The van der Waals surface area contributed by atoms with Crippen molar-refractivity contribution in [2.24, 2.45) is 0 Å². The topological polar surface area (TPSA) is 71.6 Å². The SMILES string of the molecule is CCC(CC)N(CCO)c1nc(OC)ccc1N. The summed E-state index contributed by atoms with van der Waals surface area (Å²) in [6, 6.07) is 3.84. The van der Waals surface area contributed by atoms with Crippen molar-refractivity contribution in [3.8, 4) is 5.88 Å². The highest BCUT2D eigenvalue weighted by Crippen LogP contribution is 2.27. The van der Waals surface area contributed by atoms with Gasteiger partial charge in [-0.1, -0.05) is 13.8 Å². The van der Waals surface area contributed by atoms with E-state index in [-0.39, 0.29) is 6.61 Å². The van der Waals surface area contributed by atoms with Crippen molar-refractivity contribution in [3.05, 3.63) is 12.1 Å². The molecule has 1 rings (SSSR count). The lowest BCUT2D eigenvalue weighted by Crippen LogP contribution is -2.38. The minimum absolute atomic E-state index is 0.0782. The smallest absolute Gasteiger partial charge is 0.215 e. The van der Waals surface area contributed by atoms with Crippen LogP contribution in [0.2, 0.25) is 0 Å². The minimum Gasteiger partial charge on any atom is -0.481 e. The van der Waals surface area contributed by atoms with Crippen LogP contribution < -0.4 is 15.4 Å². The molecule has 0 unspecified atom stereocenters.